The normalized spacial score (nSPS) is 27.7. The van der Waals surface area contributed by atoms with Gasteiger partial charge in [0.1, 0.15) is 12.3 Å². The first-order valence-corrected chi connectivity index (χ1v) is 12.8. The second-order valence-corrected chi connectivity index (χ2v) is 11.3. The van der Waals surface area contributed by atoms with Crippen molar-refractivity contribution in [2.45, 2.75) is 42.0 Å². The lowest BCUT2D eigenvalue weighted by Crippen LogP contribution is -2.34. The predicted octanol–water partition coefficient (Wildman–Crippen LogP) is 4.91. The minimum atomic E-state index is -0.231. The molecule has 5 nitrogen and oxygen atoms in total. The number of anilines is 1. The SMILES string of the molecule is O=C(Cn1c2c(sc1=O)[C@H](c1ccccc1)C1C3CCC(C3)C1S2)Nc1ccc(O)cc1. The predicted molar refractivity (Wildman–Crippen MR) is 128 cm³/mol. The molecule has 2 heterocycles. The molecule has 2 fully saturated rings. The number of fused-ring (bicyclic) bond motifs is 6. The molecule has 2 aromatic carbocycles. The van der Waals surface area contributed by atoms with Crippen LogP contribution in [-0.4, -0.2) is 20.8 Å². The van der Waals surface area contributed by atoms with Crippen LogP contribution in [0.15, 0.2) is 64.4 Å². The largest absolute Gasteiger partial charge is 0.508 e. The summed E-state index contributed by atoms with van der Waals surface area (Å²) in [5, 5.41) is 13.8. The number of carbonyl (C=O) groups is 1. The molecule has 7 heteroatoms. The number of aromatic hydroxyl groups is 1. The Hall–Kier alpha value is -2.51. The highest BCUT2D eigenvalue weighted by Crippen LogP contribution is 2.63. The number of hydrogen-bond donors (Lipinski definition) is 2. The highest BCUT2D eigenvalue weighted by molar-refractivity contribution is 8.00. The molecule has 3 aliphatic rings. The van der Waals surface area contributed by atoms with Crippen molar-refractivity contribution in [3.8, 4) is 5.75 Å². The number of amides is 1. The number of nitrogens with one attached hydrogen (secondary N) is 1. The van der Waals surface area contributed by atoms with Gasteiger partial charge < -0.3 is 10.4 Å². The van der Waals surface area contributed by atoms with E-state index in [1.54, 1.807) is 16.7 Å². The lowest BCUT2D eigenvalue weighted by molar-refractivity contribution is -0.116. The van der Waals surface area contributed by atoms with Gasteiger partial charge in [-0.05, 0) is 66.8 Å². The van der Waals surface area contributed by atoms with E-state index in [1.807, 2.05) is 17.8 Å². The second kappa shape index (κ2) is 7.81. The average molecular weight is 465 g/mol. The van der Waals surface area contributed by atoms with E-state index in [4.69, 9.17) is 0 Å². The Morgan fingerprint density at radius 3 is 2.59 bits per heavy atom. The minimum Gasteiger partial charge on any atom is -0.508 e. The molecule has 0 radical (unpaired) electrons. The Morgan fingerprint density at radius 1 is 1.06 bits per heavy atom. The highest BCUT2D eigenvalue weighted by Gasteiger charge is 2.55. The Morgan fingerprint density at radius 2 is 1.81 bits per heavy atom. The zero-order valence-electron chi connectivity index (χ0n) is 17.4. The standard InChI is InChI=1S/C25H24N2O3S2/c28-18-10-8-17(9-11-18)26-19(29)13-27-24-23(32-25(27)30)20(14-4-2-1-3-5-14)21-15-6-7-16(12-15)22(21)31-24/h1-5,8-11,15-16,20-22,28H,6-7,12-13H2,(H,26,29)/t15?,16?,20-,21?,22?/m1/s1. The molecular weight excluding hydrogens is 440 g/mol. The molecule has 1 aromatic heterocycles. The fourth-order valence-electron chi connectivity index (χ4n) is 6.01. The third-order valence-corrected chi connectivity index (χ3v) is 10.1. The molecule has 2 aliphatic carbocycles. The lowest BCUT2D eigenvalue weighted by atomic mass is 9.75. The Bertz CT molecular complexity index is 1220. The molecule has 0 saturated heterocycles. The first kappa shape index (κ1) is 20.1. The van der Waals surface area contributed by atoms with E-state index in [0.29, 0.717) is 22.8 Å². The number of phenols is 1. The van der Waals surface area contributed by atoms with Crippen molar-refractivity contribution in [3.63, 3.8) is 0 Å². The summed E-state index contributed by atoms with van der Waals surface area (Å²) in [6.07, 6.45) is 3.88. The first-order valence-electron chi connectivity index (χ1n) is 11.1. The van der Waals surface area contributed by atoms with E-state index in [2.05, 4.69) is 29.6 Å². The van der Waals surface area contributed by atoms with Gasteiger partial charge >= 0.3 is 4.87 Å². The van der Waals surface area contributed by atoms with Gasteiger partial charge in [-0.1, -0.05) is 41.7 Å². The Kier molecular flexibility index (Phi) is 4.91. The smallest absolute Gasteiger partial charge is 0.308 e. The highest BCUT2D eigenvalue weighted by atomic mass is 32.2. The molecule has 1 amide bonds. The van der Waals surface area contributed by atoms with Crippen LogP contribution in [0.25, 0.3) is 0 Å². The van der Waals surface area contributed by atoms with Crippen LogP contribution in [0.3, 0.4) is 0 Å². The molecule has 0 spiro atoms. The quantitative estimate of drug-likeness (QED) is 0.539. The van der Waals surface area contributed by atoms with Crippen molar-refractivity contribution < 1.29 is 9.90 Å². The number of thioether (sulfide) groups is 1. The van der Waals surface area contributed by atoms with Crippen LogP contribution in [-0.2, 0) is 11.3 Å². The number of nitrogens with zero attached hydrogens (tertiary/aromatic N) is 1. The number of hydrogen-bond acceptors (Lipinski definition) is 5. The summed E-state index contributed by atoms with van der Waals surface area (Å²) in [5.74, 6) is 2.18. The molecule has 2 saturated carbocycles. The summed E-state index contributed by atoms with van der Waals surface area (Å²) >= 11 is 3.17. The van der Waals surface area contributed by atoms with Crippen molar-refractivity contribution in [3.05, 3.63) is 74.7 Å². The Balaban J connectivity index is 1.35. The third kappa shape index (κ3) is 3.30. The van der Waals surface area contributed by atoms with Crippen molar-refractivity contribution in [1.29, 1.82) is 0 Å². The first-order chi connectivity index (χ1) is 15.6. The fraction of sp³-hybridized carbons (Fsp3) is 0.360. The molecule has 32 heavy (non-hydrogen) atoms. The van der Waals surface area contributed by atoms with Crippen LogP contribution >= 0.6 is 23.1 Å². The number of phenolic OH excluding ortho intramolecular Hbond substituents is 1. The maximum Gasteiger partial charge on any atom is 0.308 e. The van der Waals surface area contributed by atoms with E-state index in [9.17, 15) is 14.7 Å². The number of aromatic nitrogens is 1. The maximum absolute atomic E-state index is 13.1. The number of benzene rings is 2. The summed E-state index contributed by atoms with van der Waals surface area (Å²) in [6.45, 7) is 0.00549. The number of thiazole rings is 1. The van der Waals surface area contributed by atoms with Crippen molar-refractivity contribution in [2.24, 2.45) is 17.8 Å². The minimum absolute atomic E-state index is 0.00549. The van der Waals surface area contributed by atoms with E-state index in [0.717, 1.165) is 15.8 Å². The van der Waals surface area contributed by atoms with E-state index in [-0.39, 0.29) is 29.0 Å². The van der Waals surface area contributed by atoms with E-state index < -0.39 is 0 Å². The molecule has 164 valence electrons. The van der Waals surface area contributed by atoms with Gasteiger partial charge in [-0.3, -0.25) is 14.2 Å². The summed E-state index contributed by atoms with van der Waals surface area (Å²) in [4.78, 5) is 26.9. The molecule has 1 aliphatic heterocycles. The van der Waals surface area contributed by atoms with Gasteiger partial charge in [0.15, 0.2) is 0 Å². The maximum atomic E-state index is 13.1. The van der Waals surface area contributed by atoms with Gasteiger partial charge in [-0.15, -0.1) is 11.8 Å². The van der Waals surface area contributed by atoms with Crippen LogP contribution < -0.4 is 10.2 Å². The van der Waals surface area contributed by atoms with Gasteiger partial charge in [-0.25, -0.2) is 0 Å². The molecular formula is C25H24N2O3S2. The fourth-order valence-corrected chi connectivity index (χ4v) is 9.16. The van der Waals surface area contributed by atoms with Crippen molar-refractivity contribution in [1.82, 2.24) is 4.57 Å². The lowest BCUT2D eigenvalue weighted by Gasteiger charge is -2.40. The topological polar surface area (TPSA) is 71.3 Å². The van der Waals surface area contributed by atoms with Crippen LogP contribution in [0.5, 0.6) is 5.75 Å². The van der Waals surface area contributed by atoms with Gasteiger partial charge in [0.25, 0.3) is 0 Å². The van der Waals surface area contributed by atoms with Crippen LogP contribution in [0.1, 0.15) is 35.6 Å². The van der Waals surface area contributed by atoms with Crippen LogP contribution in [0.4, 0.5) is 5.69 Å². The molecule has 3 aromatic rings. The monoisotopic (exact) mass is 464 g/mol. The average Bonchev–Trinajstić information content (AvgIpc) is 3.49. The third-order valence-electron chi connectivity index (χ3n) is 7.30. The van der Waals surface area contributed by atoms with E-state index in [1.165, 1.54) is 48.3 Å². The zero-order chi connectivity index (χ0) is 21.8. The zero-order valence-corrected chi connectivity index (χ0v) is 19.1. The molecule has 2 N–H and O–H groups in total. The number of rotatable bonds is 4. The van der Waals surface area contributed by atoms with Crippen molar-refractivity contribution >= 4 is 34.7 Å². The molecule has 2 bridgehead atoms. The van der Waals surface area contributed by atoms with Crippen molar-refractivity contribution in [2.75, 3.05) is 5.32 Å². The summed E-state index contributed by atoms with van der Waals surface area (Å²) in [5.41, 5.74) is 1.89. The van der Waals surface area contributed by atoms with Gasteiger partial charge in [0.05, 0.1) is 5.03 Å². The number of carbonyl (C=O) groups excluding carboxylic acids is 1. The second-order valence-electron chi connectivity index (χ2n) is 9.10. The van der Waals surface area contributed by atoms with Crippen LogP contribution in [0.2, 0.25) is 0 Å². The Labute approximate surface area is 194 Å². The van der Waals surface area contributed by atoms with Gasteiger partial charge in [0, 0.05) is 21.7 Å². The van der Waals surface area contributed by atoms with Gasteiger partial charge in [-0.2, -0.15) is 0 Å². The summed E-state index contributed by atoms with van der Waals surface area (Å²) < 4.78 is 1.68. The van der Waals surface area contributed by atoms with E-state index >= 15 is 0 Å². The van der Waals surface area contributed by atoms with Gasteiger partial charge in [0.2, 0.25) is 5.91 Å². The molecule has 5 atom stereocenters. The summed E-state index contributed by atoms with van der Waals surface area (Å²) in [6, 6.07) is 17.0. The summed E-state index contributed by atoms with van der Waals surface area (Å²) in [7, 11) is 0. The molecule has 4 unspecified atom stereocenters. The van der Waals surface area contributed by atoms with Crippen LogP contribution in [0, 0.1) is 17.8 Å². The molecule has 6 rings (SSSR count).